The Labute approximate surface area is 156 Å². The fraction of sp³-hybridized carbons (Fsp3) is 0.158. The molecule has 1 atom stereocenters. The molecule has 2 rings (SSSR count). The van der Waals surface area contributed by atoms with E-state index >= 15 is 0 Å². The van der Waals surface area contributed by atoms with Gasteiger partial charge in [-0.3, -0.25) is 4.79 Å². The molecule has 2 aromatic carbocycles. The predicted molar refractivity (Wildman–Crippen MR) is 101 cm³/mol. The molecule has 4 nitrogen and oxygen atoms in total. The van der Waals surface area contributed by atoms with Gasteiger partial charge in [-0.1, -0.05) is 59.1 Å². The SMILES string of the molecule is Cc1ccc(/C=C/C(=O)O[C@@H](C)C(=O)Nc2c(Cl)cccc2Cl)cc1. The Kier molecular flexibility index (Phi) is 6.62. The van der Waals surface area contributed by atoms with Gasteiger partial charge in [0, 0.05) is 6.08 Å². The van der Waals surface area contributed by atoms with Crippen LogP contribution in [-0.4, -0.2) is 18.0 Å². The normalized spacial score (nSPS) is 12.0. The number of amides is 1. The number of para-hydroxylation sites is 1. The lowest BCUT2D eigenvalue weighted by Crippen LogP contribution is -2.29. The summed E-state index contributed by atoms with van der Waals surface area (Å²) in [5.41, 5.74) is 2.28. The molecule has 1 N–H and O–H groups in total. The first-order valence-electron chi connectivity index (χ1n) is 7.57. The number of esters is 1. The van der Waals surface area contributed by atoms with Crippen molar-refractivity contribution in [2.24, 2.45) is 0 Å². The molecule has 0 aliphatic heterocycles. The zero-order valence-electron chi connectivity index (χ0n) is 13.8. The number of ether oxygens (including phenoxy) is 1. The van der Waals surface area contributed by atoms with Crippen LogP contribution in [0, 0.1) is 6.92 Å². The van der Waals surface area contributed by atoms with Crippen molar-refractivity contribution >= 4 is 46.8 Å². The minimum Gasteiger partial charge on any atom is -0.449 e. The number of carbonyl (C=O) groups is 2. The van der Waals surface area contributed by atoms with Crippen LogP contribution in [0.1, 0.15) is 18.1 Å². The Bertz CT molecular complexity index is 781. The van der Waals surface area contributed by atoms with E-state index in [9.17, 15) is 9.59 Å². The van der Waals surface area contributed by atoms with E-state index in [4.69, 9.17) is 27.9 Å². The van der Waals surface area contributed by atoms with Crippen molar-refractivity contribution in [2.75, 3.05) is 5.32 Å². The topological polar surface area (TPSA) is 55.4 Å². The number of nitrogens with one attached hydrogen (secondary N) is 1. The average molecular weight is 378 g/mol. The quantitative estimate of drug-likeness (QED) is 0.596. The Morgan fingerprint density at radius 2 is 1.68 bits per heavy atom. The van der Waals surface area contributed by atoms with E-state index in [-0.39, 0.29) is 5.69 Å². The van der Waals surface area contributed by atoms with E-state index in [1.807, 2.05) is 31.2 Å². The summed E-state index contributed by atoms with van der Waals surface area (Å²) in [6.45, 7) is 3.45. The molecule has 25 heavy (non-hydrogen) atoms. The van der Waals surface area contributed by atoms with Gasteiger partial charge in [-0.2, -0.15) is 0 Å². The van der Waals surface area contributed by atoms with Crippen molar-refractivity contribution < 1.29 is 14.3 Å². The maximum absolute atomic E-state index is 12.1. The number of anilines is 1. The maximum Gasteiger partial charge on any atom is 0.331 e. The third-order valence-corrected chi connectivity index (χ3v) is 3.99. The molecule has 0 aliphatic rings. The van der Waals surface area contributed by atoms with Crippen LogP contribution >= 0.6 is 23.2 Å². The summed E-state index contributed by atoms with van der Waals surface area (Å²) in [4.78, 5) is 24.0. The Balaban J connectivity index is 1.94. The first-order valence-corrected chi connectivity index (χ1v) is 8.32. The highest BCUT2D eigenvalue weighted by atomic mass is 35.5. The highest BCUT2D eigenvalue weighted by Gasteiger charge is 2.18. The summed E-state index contributed by atoms with van der Waals surface area (Å²) >= 11 is 12.0. The minimum atomic E-state index is -0.998. The van der Waals surface area contributed by atoms with Crippen molar-refractivity contribution in [1.29, 1.82) is 0 Å². The summed E-state index contributed by atoms with van der Waals surface area (Å²) in [6, 6.07) is 12.5. The number of halogens is 2. The van der Waals surface area contributed by atoms with E-state index in [0.717, 1.165) is 11.1 Å². The van der Waals surface area contributed by atoms with Crippen molar-refractivity contribution in [3.63, 3.8) is 0 Å². The molecule has 6 heteroatoms. The number of hydrogen-bond acceptors (Lipinski definition) is 3. The number of hydrogen-bond donors (Lipinski definition) is 1. The van der Waals surface area contributed by atoms with Gasteiger partial charge >= 0.3 is 5.97 Å². The molecule has 0 saturated carbocycles. The zero-order chi connectivity index (χ0) is 18.4. The first kappa shape index (κ1) is 19.0. The fourth-order valence-corrected chi connectivity index (χ4v) is 2.44. The van der Waals surface area contributed by atoms with Gasteiger partial charge < -0.3 is 10.1 Å². The molecule has 0 aliphatic carbocycles. The summed E-state index contributed by atoms with van der Waals surface area (Å²) in [5.74, 6) is -1.14. The van der Waals surface area contributed by atoms with E-state index < -0.39 is 18.0 Å². The second-order valence-electron chi connectivity index (χ2n) is 5.41. The van der Waals surface area contributed by atoms with Crippen LogP contribution in [0.2, 0.25) is 10.0 Å². The van der Waals surface area contributed by atoms with Crippen molar-refractivity contribution in [3.05, 3.63) is 69.7 Å². The van der Waals surface area contributed by atoms with Gasteiger partial charge in [0.25, 0.3) is 5.91 Å². The van der Waals surface area contributed by atoms with Crippen LogP contribution in [0.25, 0.3) is 6.08 Å². The maximum atomic E-state index is 12.1. The van der Waals surface area contributed by atoms with Crippen molar-refractivity contribution in [1.82, 2.24) is 0 Å². The Morgan fingerprint density at radius 1 is 1.08 bits per heavy atom. The van der Waals surface area contributed by atoms with Gasteiger partial charge in [0.2, 0.25) is 0 Å². The highest BCUT2D eigenvalue weighted by molar-refractivity contribution is 6.39. The first-order chi connectivity index (χ1) is 11.9. The van der Waals surface area contributed by atoms with Gasteiger partial charge in [0.05, 0.1) is 15.7 Å². The van der Waals surface area contributed by atoms with Crippen LogP contribution in [0.3, 0.4) is 0 Å². The molecule has 0 unspecified atom stereocenters. The van der Waals surface area contributed by atoms with Gasteiger partial charge in [-0.05, 0) is 37.6 Å². The zero-order valence-corrected chi connectivity index (χ0v) is 15.3. The largest absolute Gasteiger partial charge is 0.449 e. The summed E-state index contributed by atoms with van der Waals surface area (Å²) in [6.07, 6.45) is 1.90. The molecular formula is C19H17Cl2NO3. The third-order valence-electron chi connectivity index (χ3n) is 3.36. The van der Waals surface area contributed by atoms with Crippen LogP contribution in [-0.2, 0) is 14.3 Å². The standard InChI is InChI=1S/C19H17Cl2NO3/c1-12-6-8-14(9-7-12)10-11-17(23)25-13(2)19(24)22-18-15(20)4-3-5-16(18)21/h3-11,13H,1-2H3,(H,22,24)/b11-10+/t13-/m0/s1. The van der Waals surface area contributed by atoms with Gasteiger partial charge in [0.15, 0.2) is 6.10 Å². The summed E-state index contributed by atoms with van der Waals surface area (Å²) in [7, 11) is 0. The lowest BCUT2D eigenvalue weighted by Gasteiger charge is -2.14. The molecule has 130 valence electrons. The monoisotopic (exact) mass is 377 g/mol. The average Bonchev–Trinajstić information content (AvgIpc) is 2.57. The highest BCUT2D eigenvalue weighted by Crippen LogP contribution is 2.29. The van der Waals surface area contributed by atoms with Crippen molar-refractivity contribution in [3.8, 4) is 0 Å². The molecule has 0 saturated heterocycles. The molecular weight excluding hydrogens is 361 g/mol. The van der Waals surface area contributed by atoms with Crippen LogP contribution in [0.4, 0.5) is 5.69 Å². The number of aryl methyl sites for hydroxylation is 1. The molecule has 0 aromatic heterocycles. The van der Waals surface area contributed by atoms with Gasteiger partial charge in [-0.15, -0.1) is 0 Å². The van der Waals surface area contributed by atoms with Crippen LogP contribution in [0.5, 0.6) is 0 Å². The fourth-order valence-electron chi connectivity index (χ4n) is 1.95. The smallest absolute Gasteiger partial charge is 0.331 e. The molecule has 0 spiro atoms. The van der Waals surface area contributed by atoms with E-state index in [1.54, 1.807) is 24.3 Å². The molecule has 0 fully saturated rings. The molecule has 2 aromatic rings. The lowest BCUT2D eigenvalue weighted by molar-refractivity contribution is -0.148. The van der Waals surface area contributed by atoms with Gasteiger partial charge in [-0.25, -0.2) is 4.79 Å². The number of rotatable bonds is 5. The molecule has 1 amide bonds. The van der Waals surface area contributed by atoms with E-state index in [0.29, 0.717) is 10.0 Å². The predicted octanol–water partition coefficient (Wildman–Crippen LogP) is 4.89. The lowest BCUT2D eigenvalue weighted by atomic mass is 10.1. The number of carbonyl (C=O) groups excluding carboxylic acids is 2. The van der Waals surface area contributed by atoms with E-state index in [1.165, 1.54) is 13.0 Å². The Hall–Kier alpha value is -2.30. The van der Waals surface area contributed by atoms with Crippen LogP contribution in [0.15, 0.2) is 48.5 Å². The molecule has 0 radical (unpaired) electrons. The van der Waals surface area contributed by atoms with Crippen molar-refractivity contribution in [2.45, 2.75) is 20.0 Å². The third kappa shape index (κ3) is 5.62. The second kappa shape index (κ2) is 8.70. The minimum absolute atomic E-state index is 0.286. The summed E-state index contributed by atoms with van der Waals surface area (Å²) < 4.78 is 5.09. The second-order valence-corrected chi connectivity index (χ2v) is 6.22. The molecule has 0 heterocycles. The van der Waals surface area contributed by atoms with Crippen LogP contribution < -0.4 is 5.32 Å². The van der Waals surface area contributed by atoms with Gasteiger partial charge in [0.1, 0.15) is 0 Å². The number of benzene rings is 2. The summed E-state index contributed by atoms with van der Waals surface area (Å²) in [5, 5.41) is 3.17. The molecule has 0 bridgehead atoms. The Morgan fingerprint density at radius 3 is 2.28 bits per heavy atom. The van der Waals surface area contributed by atoms with E-state index in [2.05, 4.69) is 5.32 Å².